The van der Waals surface area contributed by atoms with E-state index in [1.54, 1.807) is 0 Å². The second kappa shape index (κ2) is 15.3. The van der Waals surface area contributed by atoms with E-state index in [0.29, 0.717) is 57.3 Å². The summed E-state index contributed by atoms with van der Waals surface area (Å²) >= 11 is 5.65. The van der Waals surface area contributed by atoms with E-state index in [9.17, 15) is 4.79 Å². The normalized spacial score (nSPS) is 10.7. The molecule has 2 aromatic rings. The molecular formula is C25H35N3O3S. The van der Waals surface area contributed by atoms with E-state index < -0.39 is 0 Å². The van der Waals surface area contributed by atoms with E-state index >= 15 is 0 Å². The van der Waals surface area contributed by atoms with Crippen molar-refractivity contribution >= 4 is 23.2 Å². The Bertz CT molecular complexity index is 784. The molecule has 0 bridgehead atoms. The monoisotopic (exact) mass is 457 g/mol. The minimum atomic E-state index is -0.281. The first-order chi connectivity index (χ1) is 15.6. The van der Waals surface area contributed by atoms with Gasteiger partial charge in [-0.1, -0.05) is 60.7 Å². The molecule has 2 N–H and O–H groups in total. The van der Waals surface area contributed by atoms with Crippen molar-refractivity contribution in [1.82, 2.24) is 15.5 Å². The third-order valence-corrected chi connectivity index (χ3v) is 5.26. The predicted octanol–water partition coefficient (Wildman–Crippen LogP) is 3.86. The molecule has 0 aliphatic heterocycles. The van der Waals surface area contributed by atoms with E-state index in [4.69, 9.17) is 21.7 Å². The molecule has 7 heteroatoms. The van der Waals surface area contributed by atoms with Gasteiger partial charge in [0.1, 0.15) is 0 Å². The van der Waals surface area contributed by atoms with Gasteiger partial charge in [-0.3, -0.25) is 4.79 Å². The van der Waals surface area contributed by atoms with Crippen molar-refractivity contribution in [3.8, 4) is 0 Å². The fourth-order valence-corrected chi connectivity index (χ4v) is 3.42. The van der Waals surface area contributed by atoms with E-state index in [1.165, 1.54) is 0 Å². The number of hydrogen-bond acceptors (Lipinski definition) is 4. The van der Waals surface area contributed by atoms with Crippen LogP contribution in [0.4, 0.5) is 0 Å². The summed E-state index contributed by atoms with van der Waals surface area (Å²) in [5.74, 6) is -0.00382. The average molecular weight is 458 g/mol. The fourth-order valence-electron chi connectivity index (χ4n) is 3.17. The summed E-state index contributed by atoms with van der Waals surface area (Å²) in [6.45, 7) is 7.39. The lowest BCUT2D eigenvalue weighted by Gasteiger charge is -2.28. The number of thiocarbonyl (C=S) groups is 1. The molecule has 0 atom stereocenters. The predicted molar refractivity (Wildman–Crippen MR) is 132 cm³/mol. The SMILES string of the molecule is CCOC(CCN(CCC(=O)NCc1ccccc1)C(=S)NCc1ccccc1)OCC. The van der Waals surface area contributed by atoms with Crippen molar-refractivity contribution in [3.05, 3.63) is 71.8 Å². The third-order valence-electron chi connectivity index (χ3n) is 4.85. The molecule has 174 valence electrons. The molecule has 0 radical (unpaired) electrons. The van der Waals surface area contributed by atoms with Crippen LogP contribution in [0.1, 0.15) is 37.8 Å². The zero-order valence-corrected chi connectivity index (χ0v) is 19.9. The van der Waals surface area contributed by atoms with Crippen molar-refractivity contribution in [3.63, 3.8) is 0 Å². The quantitative estimate of drug-likeness (QED) is 0.332. The number of carbonyl (C=O) groups excluding carboxylic acids is 1. The van der Waals surface area contributed by atoms with E-state index in [2.05, 4.69) is 22.8 Å². The van der Waals surface area contributed by atoms with Crippen molar-refractivity contribution < 1.29 is 14.3 Å². The smallest absolute Gasteiger partial charge is 0.222 e. The number of carbonyl (C=O) groups is 1. The summed E-state index contributed by atoms with van der Waals surface area (Å²) in [5.41, 5.74) is 2.23. The van der Waals surface area contributed by atoms with Crippen molar-refractivity contribution in [2.45, 2.75) is 46.1 Å². The maximum atomic E-state index is 12.4. The van der Waals surface area contributed by atoms with Gasteiger partial charge in [0.15, 0.2) is 11.4 Å². The Balaban J connectivity index is 1.89. The molecule has 0 heterocycles. The van der Waals surface area contributed by atoms with Crippen LogP contribution in [0.3, 0.4) is 0 Å². The summed E-state index contributed by atoms with van der Waals surface area (Å²) in [6, 6.07) is 20.0. The molecule has 0 saturated carbocycles. The van der Waals surface area contributed by atoms with Gasteiger partial charge in [0.25, 0.3) is 0 Å². The van der Waals surface area contributed by atoms with Crippen LogP contribution in [0.5, 0.6) is 0 Å². The summed E-state index contributed by atoms with van der Waals surface area (Å²) in [5, 5.41) is 6.91. The van der Waals surface area contributed by atoms with Crippen LogP contribution >= 0.6 is 12.2 Å². The minimum absolute atomic E-state index is 0.00382. The van der Waals surface area contributed by atoms with Crippen LogP contribution in [0.25, 0.3) is 0 Å². The van der Waals surface area contributed by atoms with E-state index in [1.807, 2.05) is 67.3 Å². The Labute approximate surface area is 197 Å². The molecule has 0 saturated heterocycles. The first-order valence-corrected chi connectivity index (χ1v) is 11.6. The van der Waals surface area contributed by atoms with Gasteiger partial charge in [-0.2, -0.15) is 0 Å². The van der Waals surface area contributed by atoms with Crippen molar-refractivity contribution in [1.29, 1.82) is 0 Å². The maximum absolute atomic E-state index is 12.4. The maximum Gasteiger partial charge on any atom is 0.222 e. The number of rotatable bonds is 14. The molecule has 2 rings (SSSR count). The van der Waals surface area contributed by atoms with Crippen LogP contribution in [-0.4, -0.2) is 48.5 Å². The van der Waals surface area contributed by atoms with Crippen LogP contribution in [0.2, 0.25) is 0 Å². The number of hydrogen-bond donors (Lipinski definition) is 2. The largest absolute Gasteiger partial charge is 0.358 e. The van der Waals surface area contributed by atoms with Gasteiger partial charge in [-0.15, -0.1) is 0 Å². The topological polar surface area (TPSA) is 62.8 Å². The molecule has 6 nitrogen and oxygen atoms in total. The van der Waals surface area contributed by atoms with Gasteiger partial charge in [0.2, 0.25) is 5.91 Å². The van der Waals surface area contributed by atoms with Crippen LogP contribution in [-0.2, 0) is 27.4 Å². The highest BCUT2D eigenvalue weighted by atomic mass is 32.1. The molecule has 2 aromatic carbocycles. The molecule has 1 amide bonds. The van der Waals surface area contributed by atoms with Crippen LogP contribution in [0.15, 0.2) is 60.7 Å². The lowest BCUT2D eigenvalue weighted by Crippen LogP contribution is -2.43. The van der Waals surface area contributed by atoms with Gasteiger partial charge in [-0.25, -0.2) is 0 Å². The summed E-state index contributed by atoms with van der Waals surface area (Å²) in [6.07, 6.45) is 0.741. The standard InChI is InChI=1S/C25H35N3O3S/c1-3-30-24(31-4-2)16-18-28(25(32)27-20-22-13-9-6-10-14-22)17-15-23(29)26-19-21-11-7-5-8-12-21/h5-14,24H,3-4,15-20H2,1-2H3,(H,26,29)(H,27,32). The van der Waals surface area contributed by atoms with Crippen LogP contribution in [0, 0.1) is 0 Å². The third kappa shape index (κ3) is 10.2. The van der Waals surface area contributed by atoms with E-state index in [-0.39, 0.29) is 12.2 Å². The van der Waals surface area contributed by atoms with Crippen LogP contribution < -0.4 is 10.6 Å². The summed E-state index contributed by atoms with van der Waals surface area (Å²) < 4.78 is 11.3. The highest BCUT2D eigenvalue weighted by Gasteiger charge is 2.16. The van der Waals surface area contributed by atoms with Gasteiger partial charge in [0, 0.05) is 52.2 Å². The number of nitrogens with zero attached hydrogens (tertiary/aromatic N) is 1. The fraction of sp³-hybridized carbons (Fsp3) is 0.440. The molecule has 0 aliphatic rings. The molecule has 0 unspecified atom stereocenters. The Morgan fingerprint density at radius 2 is 1.41 bits per heavy atom. The highest BCUT2D eigenvalue weighted by molar-refractivity contribution is 7.80. The zero-order valence-electron chi connectivity index (χ0n) is 19.1. The molecule has 0 aromatic heterocycles. The van der Waals surface area contributed by atoms with Crippen molar-refractivity contribution in [2.75, 3.05) is 26.3 Å². The lowest BCUT2D eigenvalue weighted by molar-refractivity contribution is -0.140. The van der Waals surface area contributed by atoms with Gasteiger partial charge in [-0.05, 0) is 37.2 Å². The number of ether oxygens (including phenoxy) is 2. The molecular weight excluding hydrogens is 422 g/mol. The Hall–Kier alpha value is -2.48. The summed E-state index contributed by atoms with van der Waals surface area (Å²) in [4.78, 5) is 14.4. The van der Waals surface area contributed by atoms with Gasteiger partial charge in [0.05, 0.1) is 0 Å². The Morgan fingerprint density at radius 1 is 0.875 bits per heavy atom. The number of benzene rings is 2. The second-order valence-corrected chi connectivity index (χ2v) is 7.66. The molecule has 0 fully saturated rings. The number of nitrogens with one attached hydrogen (secondary N) is 2. The van der Waals surface area contributed by atoms with Crippen molar-refractivity contribution in [2.24, 2.45) is 0 Å². The summed E-state index contributed by atoms with van der Waals surface area (Å²) in [7, 11) is 0. The van der Waals surface area contributed by atoms with Gasteiger partial charge < -0.3 is 25.0 Å². The van der Waals surface area contributed by atoms with E-state index in [0.717, 1.165) is 11.1 Å². The Kier molecular flexibility index (Phi) is 12.4. The average Bonchev–Trinajstić information content (AvgIpc) is 2.82. The van der Waals surface area contributed by atoms with Gasteiger partial charge >= 0.3 is 0 Å². The highest BCUT2D eigenvalue weighted by Crippen LogP contribution is 2.06. The molecule has 0 spiro atoms. The lowest BCUT2D eigenvalue weighted by atomic mass is 10.2. The second-order valence-electron chi connectivity index (χ2n) is 7.27. The zero-order chi connectivity index (χ0) is 23.0. The first-order valence-electron chi connectivity index (χ1n) is 11.2. The minimum Gasteiger partial charge on any atom is -0.358 e. The Morgan fingerprint density at radius 3 is 1.94 bits per heavy atom. The molecule has 32 heavy (non-hydrogen) atoms. The number of amides is 1. The first kappa shape index (κ1) is 25.8. The molecule has 0 aliphatic carbocycles.